The molecule has 2 aromatic rings. The van der Waals surface area contributed by atoms with Gasteiger partial charge in [-0.1, -0.05) is 11.8 Å². The maximum atomic E-state index is 12.1. The molecule has 5 nitrogen and oxygen atoms in total. The van der Waals surface area contributed by atoms with E-state index < -0.39 is 0 Å². The second kappa shape index (κ2) is 5.85. The SMILES string of the molecule is O=C(CSc1ncnc2sccc12)N1CCNCC1. The monoisotopic (exact) mass is 294 g/mol. The van der Waals surface area contributed by atoms with E-state index in [1.165, 1.54) is 11.8 Å². The number of amides is 1. The molecule has 1 N–H and O–H groups in total. The predicted octanol–water partition coefficient (Wildman–Crippen LogP) is 1.22. The van der Waals surface area contributed by atoms with Crippen LogP contribution in [0.1, 0.15) is 0 Å². The van der Waals surface area contributed by atoms with Gasteiger partial charge in [0, 0.05) is 31.6 Å². The van der Waals surface area contributed by atoms with E-state index in [9.17, 15) is 4.79 Å². The molecule has 19 heavy (non-hydrogen) atoms. The fourth-order valence-corrected chi connectivity index (χ4v) is 3.70. The lowest BCUT2D eigenvalue weighted by Gasteiger charge is -2.27. The van der Waals surface area contributed by atoms with Gasteiger partial charge in [0.1, 0.15) is 16.2 Å². The summed E-state index contributed by atoms with van der Waals surface area (Å²) in [5.74, 6) is 0.635. The molecule has 0 saturated carbocycles. The molecule has 0 radical (unpaired) electrons. The van der Waals surface area contributed by atoms with E-state index in [1.807, 2.05) is 16.3 Å². The molecule has 0 unspecified atom stereocenters. The summed E-state index contributed by atoms with van der Waals surface area (Å²) in [6.07, 6.45) is 1.57. The van der Waals surface area contributed by atoms with Crippen LogP contribution in [0.25, 0.3) is 10.2 Å². The molecule has 3 rings (SSSR count). The summed E-state index contributed by atoms with van der Waals surface area (Å²) in [5, 5.41) is 7.19. The highest BCUT2D eigenvalue weighted by Gasteiger charge is 2.17. The second-order valence-corrected chi connectivity index (χ2v) is 6.10. The number of nitrogens with zero attached hydrogens (tertiary/aromatic N) is 3. The second-order valence-electron chi connectivity index (χ2n) is 4.24. The lowest BCUT2D eigenvalue weighted by atomic mass is 10.3. The zero-order chi connectivity index (χ0) is 13.1. The van der Waals surface area contributed by atoms with Crippen LogP contribution in [-0.2, 0) is 4.79 Å². The van der Waals surface area contributed by atoms with Crippen molar-refractivity contribution in [2.45, 2.75) is 5.03 Å². The minimum atomic E-state index is 0.188. The summed E-state index contributed by atoms with van der Waals surface area (Å²) >= 11 is 3.10. The average Bonchev–Trinajstić information content (AvgIpc) is 2.94. The fraction of sp³-hybridized carbons (Fsp3) is 0.417. The van der Waals surface area contributed by atoms with E-state index >= 15 is 0 Å². The number of rotatable bonds is 3. The molecule has 0 aromatic carbocycles. The third-order valence-corrected chi connectivity index (χ3v) is 4.84. The molecule has 1 saturated heterocycles. The summed E-state index contributed by atoms with van der Waals surface area (Å²) in [4.78, 5) is 23.5. The van der Waals surface area contributed by atoms with Crippen molar-refractivity contribution in [2.75, 3.05) is 31.9 Å². The van der Waals surface area contributed by atoms with Crippen molar-refractivity contribution in [2.24, 2.45) is 0 Å². The van der Waals surface area contributed by atoms with Crippen molar-refractivity contribution in [3.05, 3.63) is 17.8 Å². The van der Waals surface area contributed by atoms with Gasteiger partial charge in [-0.15, -0.1) is 11.3 Å². The lowest BCUT2D eigenvalue weighted by Crippen LogP contribution is -2.47. The smallest absolute Gasteiger partial charge is 0.233 e. The molecule has 2 aromatic heterocycles. The summed E-state index contributed by atoms with van der Waals surface area (Å²) in [5.41, 5.74) is 0. The molecule has 1 amide bonds. The van der Waals surface area contributed by atoms with Gasteiger partial charge in [0.05, 0.1) is 5.75 Å². The molecule has 0 atom stereocenters. The fourth-order valence-electron chi connectivity index (χ4n) is 2.02. The van der Waals surface area contributed by atoms with Crippen molar-refractivity contribution in [3.8, 4) is 0 Å². The topological polar surface area (TPSA) is 58.1 Å². The molecule has 0 aliphatic carbocycles. The first kappa shape index (κ1) is 12.8. The molecule has 1 aliphatic rings. The Morgan fingerprint density at radius 1 is 1.42 bits per heavy atom. The van der Waals surface area contributed by atoms with Crippen LogP contribution in [0.4, 0.5) is 0 Å². The third-order valence-electron chi connectivity index (χ3n) is 3.03. The van der Waals surface area contributed by atoms with Gasteiger partial charge in [-0.25, -0.2) is 9.97 Å². The molecule has 3 heterocycles. The first-order valence-corrected chi connectivity index (χ1v) is 8.00. The summed E-state index contributed by atoms with van der Waals surface area (Å²) in [7, 11) is 0. The molecule has 1 fully saturated rings. The number of carbonyl (C=O) groups excluding carboxylic acids is 1. The molecule has 1 aliphatic heterocycles. The van der Waals surface area contributed by atoms with Gasteiger partial charge in [0.2, 0.25) is 5.91 Å². The highest BCUT2D eigenvalue weighted by Crippen LogP contribution is 2.27. The van der Waals surface area contributed by atoms with Crippen molar-refractivity contribution < 1.29 is 4.79 Å². The van der Waals surface area contributed by atoms with Crippen LogP contribution in [0.15, 0.2) is 22.8 Å². The van der Waals surface area contributed by atoms with E-state index in [0.717, 1.165) is 41.4 Å². The summed E-state index contributed by atoms with van der Waals surface area (Å²) in [6, 6.07) is 2.01. The number of thiophene rings is 1. The van der Waals surface area contributed by atoms with E-state index in [0.29, 0.717) is 5.75 Å². The van der Waals surface area contributed by atoms with Crippen LogP contribution in [-0.4, -0.2) is 52.7 Å². The Morgan fingerprint density at radius 3 is 3.11 bits per heavy atom. The number of nitrogens with one attached hydrogen (secondary N) is 1. The molecule has 0 spiro atoms. The number of piperazine rings is 1. The lowest BCUT2D eigenvalue weighted by molar-refractivity contribution is -0.128. The van der Waals surface area contributed by atoms with Gasteiger partial charge < -0.3 is 10.2 Å². The number of thioether (sulfide) groups is 1. The Labute approximate surface area is 119 Å². The highest BCUT2D eigenvalue weighted by atomic mass is 32.2. The molecule has 7 heteroatoms. The molecular weight excluding hydrogens is 280 g/mol. The third kappa shape index (κ3) is 2.88. The average molecular weight is 294 g/mol. The summed E-state index contributed by atoms with van der Waals surface area (Å²) < 4.78 is 0. The van der Waals surface area contributed by atoms with Crippen molar-refractivity contribution in [3.63, 3.8) is 0 Å². The quantitative estimate of drug-likeness (QED) is 0.681. The maximum Gasteiger partial charge on any atom is 0.233 e. The van der Waals surface area contributed by atoms with Gasteiger partial charge in [0.15, 0.2) is 0 Å². The van der Waals surface area contributed by atoms with Gasteiger partial charge in [0.25, 0.3) is 0 Å². The number of aromatic nitrogens is 2. The van der Waals surface area contributed by atoms with E-state index in [4.69, 9.17) is 0 Å². The first-order valence-electron chi connectivity index (χ1n) is 6.14. The number of carbonyl (C=O) groups is 1. The Morgan fingerprint density at radius 2 is 2.26 bits per heavy atom. The minimum Gasteiger partial charge on any atom is -0.339 e. The standard InChI is InChI=1S/C12H14N4OS2/c17-10(16-4-2-13-3-5-16)7-19-12-9-1-6-18-11(9)14-8-15-12/h1,6,8,13H,2-5,7H2. The van der Waals surface area contributed by atoms with Gasteiger partial charge in [-0.05, 0) is 11.4 Å². The minimum absolute atomic E-state index is 0.188. The Bertz CT molecular complexity index is 580. The highest BCUT2D eigenvalue weighted by molar-refractivity contribution is 8.00. The van der Waals surface area contributed by atoms with E-state index in [-0.39, 0.29) is 5.91 Å². The van der Waals surface area contributed by atoms with Crippen LogP contribution in [0.2, 0.25) is 0 Å². The van der Waals surface area contributed by atoms with Crippen molar-refractivity contribution in [1.29, 1.82) is 0 Å². The van der Waals surface area contributed by atoms with Gasteiger partial charge >= 0.3 is 0 Å². The largest absolute Gasteiger partial charge is 0.339 e. The first-order chi connectivity index (χ1) is 9.34. The van der Waals surface area contributed by atoms with Crippen LogP contribution in [0, 0.1) is 0 Å². The summed E-state index contributed by atoms with van der Waals surface area (Å²) in [6.45, 7) is 3.38. The van der Waals surface area contributed by atoms with Crippen LogP contribution in [0.5, 0.6) is 0 Å². The molecule has 100 valence electrons. The molecule has 0 bridgehead atoms. The number of fused-ring (bicyclic) bond motifs is 1. The number of hydrogen-bond acceptors (Lipinski definition) is 6. The zero-order valence-corrected chi connectivity index (χ0v) is 12.0. The maximum absolute atomic E-state index is 12.1. The Hall–Kier alpha value is -1.18. The van der Waals surface area contributed by atoms with Gasteiger partial charge in [-0.3, -0.25) is 4.79 Å². The van der Waals surface area contributed by atoms with Crippen molar-refractivity contribution >= 4 is 39.2 Å². The van der Waals surface area contributed by atoms with Crippen LogP contribution >= 0.6 is 23.1 Å². The normalized spacial score (nSPS) is 15.9. The number of hydrogen-bond donors (Lipinski definition) is 1. The van der Waals surface area contributed by atoms with E-state index in [1.54, 1.807) is 17.7 Å². The Kier molecular flexibility index (Phi) is 3.95. The zero-order valence-electron chi connectivity index (χ0n) is 10.3. The predicted molar refractivity (Wildman–Crippen MR) is 77.6 cm³/mol. The Balaban J connectivity index is 1.65. The van der Waals surface area contributed by atoms with Crippen LogP contribution < -0.4 is 5.32 Å². The van der Waals surface area contributed by atoms with Crippen LogP contribution in [0.3, 0.4) is 0 Å². The van der Waals surface area contributed by atoms with Gasteiger partial charge in [-0.2, -0.15) is 0 Å². The van der Waals surface area contributed by atoms with E-state index in [2.05, 4.69) is 15.3 Å². The van der Waals surface area contributed by atoms with Crippen molar-refractivity contribution in [1.82, 2.24) is 20.2 Å². The molecular formula is C12H14N4OS2.